The molecule has 1 aliphatic rings. The van der Waals surface area contributed by atoms with Crippen molar-refractivity contribution in [2.45, 2.75) is 0 Å². The van der Waals surface area contributed by atoms with Crippen LogP contribution in [0.25, 0.3) is 78.6 Å². The van der Waals surface area contributed by atoms with Crippen LogP contribution in [-0.2, 0) is 0 Å². The van der Waals surface area contributed by atoms with Gasteiger partial charge in [0.25, 0.3) is 0 Å². The van der Waals surface area contributed by atoms with Crippen LogP contribution in [0, 0.1) is 69.8 Å². The SMILES string of the molecule is CN(C)c1c(F)c(F)c(-c2c3nc(c4ccc([nH]4)c(-c4c(F)c(F)c(N(C)C)c(F)c4F)c4ccc([nH]4)c(-c4c(F)c(F)cc(F)c4F)c4ccc2[nH]4)C=C3)c(F)c1F. The number of nitrogens with zero attached hydrogens (tertiary/aromatic N) is 3. The normalized spacial score (nSPS) is 12.0. The van der Waals surface area contributed by atoms with E-state index < -0.39 is 126 Å². The van der Waals surface area contributed by atoms with Crippen LogP contribution in [0.1, 0.15) is 11.4 Å². The van der Waals surface area contributed by atoms with Crippen molar-refractivity contribution >= 4 is 56.6 Å². The van der Waals surface area contributed by atoms with Crippen LogP contribution < -0.4 is 9.80 Å². The Balaban J connectivity index is 1.62. The van der Waals surface area contributed by atoms with E-state index in [4.69, 9.17) is 0 Å². The molecule has 0 unspecified atom stereocenters. The van der Waals surface area contributed by atoms with E-state index in [9.17, 15) is 8.78 Å². The molecule has 3 aromatic carbocycles. The van der Waals surface area contributed by atoms with E-state index >= 15 is 43.9 Å². The van der Waals surface area contributed by atoms with Crippen LogP contribution >= 0.6 is 0 Å². The lowest BCUT2D eigenvalue weighted by molar-refractivity contribution is 0.458. The third-order valence-electron chi connectivity index (χ3n) is 9.81. The molecular weight excluding hydrogens is 804 g/mol. The molecule has 8 bridgehead atoms. The highest BCUT2D eigenvalue weighted by molar-refractivity contribution is 6.01. The van der Waals surface area contributed by atoms with E-state index in [1.807, 2.05) is 0 Å². The molecule has 0 radical (unpaired) electrons. The first-order valence-corrected chi connectivity index (χ1v) is 17.2. The Morgan fingerprint density at radius 2 is 0.661 bits per heavy atom. The number of hydrogen-bond donors (Lipinski definition) is 3. The molecule has 5 heterocycles. The van der Waals surface area contributed by atoms with Gasteiger partial charge in [0.1, 0.15) is 11.4 Å². The fourth-order valence-corrected chi connectivity index (χ4v) is 7.20. The van der Waals surface area contributed by atoms with Gasteiger partial charge in [-0.05, 0) is 48.6 Å². The maximum atomic E-state index is 16.1. The first kappa shape index (κ1) is 39.0. The largest absolute Gasteiger partial charge is 0.373 e. The quantitative estimate of drug-likeness (QED) is 0.120. The summed E-state index contributed by atoms with van der Waals surface area (Å²) < 4.78 is 188. The number of anilines is 2. The number of benzene rings is 3. The van der Waals surface area contributed by atoms with Gasteiger partial charge < -0.3 is 24.8 Å². The Hall–Kier alpha value is -6.85. The van der Waals surface area contributed by atoms with Crippen LogP contribution in [-0.4, -0.2) is 48.1 Å². The molecule has 6 nitrogen and oxygen atoms in total. The predicted molar refractivity (Wildman–Crippen MR) is 200 cm³/mol. The summed E-state index contributed by atoms with van der Waals surface area (Å²) >= 11 is 0. The van der Waals surface area contributed by atoms with Gasteiger partial charge >= 0.3 is 0 Å². The van der Waals surface area contributed by atoms with E-state index in [0.717, 1.165) is 62.3 Å². The summed E-state index contributed by atoms with van der Waals surface area (Å²) in [5, 5.41) is 0. The Bertz CT molecular complexity index is 3020. The van der Waals surface area contributed by atoms with E-state index in [1.54, 1.807) is 0 Å². The highest BCUT2D eigenvalue weighted by atomic mass is 19.2. The van der Waals surface area contributed by atoms with Crippen LogP contribution in [0.3, 0.4) is 0 Å². The Labute approximate surface area is 324 Å². The maximum absolute atomic E-state index is 16.1. The molecule has 1 aliphatic heterocycles. The second-order valence-corrected chi connectivity index (χ2v) is 13.8. The zero-order valence-electron chi connectivity index (χ0n) is 30.6. The minimum atomic E-state index is -1.94. The molecule has 8 rings (SSSR count). The summed E-state index contributed by atoms with van der Waals surface area (Å²) in [5.74, 6) is -22.2. The van der Waals surface area contributed by atoms with Crippen molar-refractivity contribution in [2.75, 3.05) is 38.0 Å². The molecule has 0 saturated carbocycles. The van der Waals surface area contributed by atoms with Gasteiger partial charge in [-0.25, -0.2) is 57.7 Å². The fourth-order valence-electron chi connectivity index (χ4n) is 7.20. The Kier molecular flexibility index (Phi) is 9.20. The smallest absolute Gasteiger partial charge is 0.185 e. The summed E-state index contributed by atoms with van der Waals surface area (Å²) in [7, 11) is 4.55. The third kappa shape index (κ3) is 5.86. The molecular formula is C41H24F12N6. The molecule has 0 amide bonds. The number of nitrogens with one attached hydrogen (secondary N) is 3. The van der Waals surface area contributed by atoms with E-state index in [1.165, 1.54) is 24.3 Å². The average molecular weight is 829 g/mol. The molecule has 0 spiro atoms. The molecule has 0 atom stereocenters. The fraction of sp³-hybridized carbons (Fsp3) is 0.0976. The first-order valence-electron chi connectivity index (χ1n) is 17.2. The Morgan fingerprint density at radius 3 is 1.05 bits per heavy atom. The van der Waals surface area contributed by atoms with Gasteiger partial charge in [0, 0.05) is 78.5 Å². The van der Waals surface area contributed by atoms with Gasteiger partial charge in [-0.1, -0.05) is 0 Å². The lowest BCUT2D eigenvalue weighted by atomic mass is 10.0. The zero-order chi connectivity index (χ0) is 42.5. The number of aromatic nitrogens is 4. The number of halogens is 12. The van der Waals surface area contributed by atoms with Gasteiger partial charge in [-0.3, -0.25) is 0 Å². The number of aromatic amines is 3. The summed E-state index contributed by atoms with van der Waals surface area (Å²) in [4.78, 5) is 14.1. The number of H-pyrrole nitrogens is 3. The lowest BCUT2D eigenvalue weighted by Crippen LogP contribution is -2.16. The van der Waals surface area contributed by atoms with Crippen LogP contribution in [0.15, 0.2) is 42.5 Å². The molecule has 59 heavy (non-hydrogen) atoms. The summed E-state index contributed by atoms with van der Waals surface area (Å²) in [6.45, 7) is 0. The number of fused-ring (bicyclic) bond motifs is 9. The third-order valence-corrected chi connectivity index (χ3v) is 9.81. The van der Waals surface area contributed by atoms with Crippen LogP contribution in [0.2, 0.25) is 0 Å². The highest BCUT2D eigenvalue weighted by Crippen LogP contribution is 2.43. The van der Waals surface area contributed by atoms with Crippen molar-refractivity contribution < 1.29 is 52.7 Å². The van der Waals surface area contributed by atoms with E-state index in [0.29, 0.717) is 0 Å². The molecule has 4 aromatic heterocycles. The first-order chi connectivity index (χ1) is 27.9. The standard InChI is InChI=1S/C41H24F12N6/c1-58(2)40-36(50)32(46)28(33(47)37(40)51)25-18-7-5-16(54-18)17-6-8-19(55-17)26(29-34(48)38(52)41(59(3)4)39(53)35(29)49)23-12-10-21(57-23)24(20-9-11-22(25)56-20)27-30(44)14(42)13-15(43)31(27)45/h5-13,54,56-57H,1-4H3. The van der Waals surface area contributed by atoms with Crippen molar-refractivity contribution in [3.63, 3.8) is 0 Å². The van der Waals surface area contributed by atoms with Crippen molar-refractivity contribution in [1.29, 1.82) is 0 Å². The van der Waals surface area contributed by atoms with Crippen molar-refractivity contribution in [1.82, 2.24) is 19.9 Å². The van der Waals surface area contributed by atoms with Gasteiger partial charge in [-0.15, -0.1) is 0 Å². The topological polar surface area (TPSA) is 66.7 Å². The van der Waals surface area contributed by atoms with Gasteiger partial charge in [0.05, 0.1) is 33.6 Å². The summed E-state index contributed by atoms with van der Waals surface area (Å²) in [6.07, 6.45) is 2.47. The van der Waals surface area contributed by atoms with Crippen molar-refractivity contribution in [2.24, 2.45) is 0 Å². The van der Waals surface area contributed by atoms with Gasteiger partial charge in [0.15, 0.2) is 69.8 Å². The number of rotatable bonds is 5. The molecule has 18 heteroatoms. The van der Waals surface area contributed by atoms with Gasteiger partial charge in [0.2, 0.25) is 0 Å². The molecule has 0 saturated heterocycles. The van der Waals surface area contributed by atoms with Crippen molar-refractivity contribution in [3.05, 3.63) is 124 Å². The zero-order valence-corrected chi connectivity index (χ0v) is 30.6. The second-order valence-electron chi connectivity index (χ2n) is 13.8. The molecule has 3 N–H and O–H groups in total. The van der Waals surface area contributed by atoms with Crippen LogP contribution in [0.4, 0.5) is 64.1 Å². The van der Waals surface area contributed by atoms with Crippen LogP contribution in [0.5, 0.6) is 0 Å². The minimum Gasteiger partial charge on any atom is -0.373 e. The van der Waals surface area contributed by atoms with E-state index in [2.05, 4.69) is 19.9 Å². The molecule has 0 fully saturated rings. The molecule has 7 aromatic rings. The number of hydrogen-bond acceptors (Lipinski definition) is 3. The second kappa shape index (κ2) is 13.9. The summed E-state index contributed by atoms with van der Waals surface area (Å²) in [5.41, 5.74) is -10.2. The minimum absolute atomic E-state index is 0.0310. The monoisotopic (exact) mass is 828 g/mol. The van der Waals surface area contributed by atoms with E-state index in [-0.39, 0.29) is 39.5 Å². The summed E-state index contributed by atoms with van der Waals surface area (Å²) in [6, 6.07) is 6.71. The average Bonchev–Trinajstić information content (AvgIpc) is 4.02. The molecule has 302 valence electrons. The predicted octanol–water partition coefficient (Wildman–Crippen LogP) is 11.5. The molecule has 0 aliphatic carbocycles. The van der Waals surface area contributed by atoms with Gasteiger partial charge in [-0.2, -0.15) is 0 Å². The van der Waals surface area contributed by atoms with Crippen molar-refractivity contribution in [3.8, 4) is 33.4 Å². The highest BCUT2D eigenvalue weighted by Gasteiger charge is 2.32. The maximum Gasteiger partial charge on any atom is 0.185 e. The Morgan fingerprint density at radius 1 is 0.356 bits per heavy atom. The lowest BCUT2D eigenvalue weighted by Gasteiger charge is -2.18.